The first-order valence-electron chi connectivity index (χ1n) is 7.25. The van der Waals surface area contributed by atoms with E-state index in [1.165, 1.54) is 6.42 Å². The molecule has 1 aliphatic carbocycles. The predicted octanol–water partition coefficient (Wildman–Crippen LogP) is 1.83. The quantitative estimate of drug-likeness (QED) is 0.735. The fourth-order valence-corrected chi connectivity index (χ4v) is 3.69. The van der Waals surface area contributed by atoms with Crippen molar-refractivity contribution in [2.75, 3.05) is 19.7 Å². The van der Waals surface area contributed by atoms with E-state index in [2.05, 4.69) is 4.90 Å². The van der Waals surface area contributed by atoms with Gasteiger partial charge in [0.05, 0.1) is 16.9 Å². The number of hydrogen-bond donors (Lipinski definition) is 1. The van der Waals surface area contributed by atoms with Gasteiger partial charge >= 0.3 is 5.97 Å². The molecule has 0 radical (unpaired) electrons. The van der Waals surface area contributed by atoms with Gasteiger partial charge in [-0.15, -0.1) is 0 Å². The van der Waals surface area contributed by atoms with Crippen LogP contribution in [0.15, 0.2) is 11.3 Å². The third kappa shape index (κ3) is 2.27. The Bertz CT molecular complexity index is 429. The first-order chi connectivity index (χ1) is 8.91. The van der Waals surface area contributed by atoms with Crippen LogP contribution in [0.5, 0.6) is 0 Å². The summed E-state index contributed by atoms with van der Waals surface area (Å²) in [5, 5.41) is 10.1. The van der Waals surface area contributed by atoms with Gasteiger partial charge < -0.3 is 14.7 Å². The number of likely N-dealkylation sites (tertiary alicyclic amines) is 1. The summed E-state index contributed by atoms with van der Waals surface area (Å²) in [6.45, 7) is 6.29. The van der Waals surface area contributed by atoms with E-state index in [4.69, 9.17) is 4.74 Å². The molecule has 106 valence electrons. The summed E-state index contributed by atoms with van der Waals surface area (Å²) in [6, 6.07) is 0. The number of cyclic esters (lactones) is 1. The lowest BCUT2D eigenvalue weighted by Crippen LogP contribution is -2.38. The van der Waals surface area contributed by atoms with Crippen molar-refractivity contribution in [3.05, 3.63) is 11.3 Å². The predicted molar refractivity (Wildman–Crippen MR) is 71.4 cm³/mol. The van der Waals surface area contributed by atoms with E-state index in [0.29, 0.717) is 12.0 Å². The minimum Gasteiger partial charge on any atom is -0.456 e. The highest BCUT2D eigenvalue weighted by Crippen LogP contribution is 2.47. The number of hydrogen-bond acceptors (Lipinski definition) is 4. The lowest BCUT2D eigenvalue weighted by atomic mass is 9.69. The van der Waals surface area contributed by atoms with Crippen molar-refractivity contribution < 1.29 is 14.6 Å². The van der Waals surface area contributed by atoms with E-state index in [9.17, 15) is 9.90 Å². The molecule has 0 aromatic carbocycles. The van der Waals surface area contributed by atoms with Crippen molar-refractivity contribution in [3.8, 4) is 0 Å². The molecule has 2 heterocycles. The van der Waals surface area contributed by atoms with Gasteiger partial charge in [0.2, 0.25) is 0 Å². The van der Waals surface area contributed by atoms with E-state index in [1.807, 2.05) is 13.8 Å². The molecule has 4 nitrogen and oxygen atoms in total. The molecule has 3 aliphatic rings. The second kappa shape index (κ2) is 4.23. The Morgan fingerprint density at radius 1 is 1.21 bits per heavy atom. The van der Waals surface area contributed by atoms with Crippen molar-refractivity contribution in [1.82, 2.24) is 4.90 Å². The summed E-state index contributed by atoms with van der Waals surface area (Å²) >= 11 is 0. The molecular weight excluding hydrogens is 242 g/mol. The largest absolute Gasteiger partial charge is 0.456 e. The monoisotopic (exact) mass is 265 g/mol. The van der Waals surface area contributed by atoms with Gasteiger partial charge in [0, 0.05) is 13.1 Å². The second-order valence-corrected chi connectivity index (χ2v) is 6.82. The van der Waals surface area contributed by atoms with Gasteiger partial charge in [0.1, 0.15) is 6.61 Å². The van der Waals surface area contributed by atoms with Crippen molar-refractivity contribution >= 4 is 5.97 Å². The molecule has 0 bridgehead atoms. The van der Waals surface area contributed by atoms with Crippen LogP contribution in [0.2, 0.25) is 0 Å². The first-order valence-corrected chi connectivity index (χ1v) is 7.25. The van der Waals surface area contributed by atoms with E-state index in [0.717, 1.165) is 50.0 Å². The number of ether oxygens (including phenoxy) is 1. The summed E-state index contributed by atoms with van der Waals surface area (Å²) in [5.41, 5.74) is 1.74. The van der Waals surface area contributed by atoms with Gasteiger partial charge in [-0.05, 0) is 51.4 Å². The minimum absolute atomic E-state index is 0.164. The summed E-state index contributed by atoms with van der Waals surface area (Å²) in [6.07, 6.45) is 5.16. The molecule has 0 aromatic rings. The molecule has 2 aliphatic heterocycles. The molecule has 3 rings (SSSR count). The zero-order valence-electron chi connectivity index (χ0n) is 11.9. The smallest absolute Gasteiger partial charge is 0.335 e. The van der Waals surface area contributed by atoms with Gasteiger partial charge in [0.25, 0.3) is 0 Å². The summed E-state index contributed by atoms with van der Waals surface area (Å²) in [4.78, 5) is 13.8. The van der Waals surface area contributed by atoms with Crippen molar-refractivity contribution in [3.63, 3.8) is 0 Å². The fraction of sp³-hybridized carbons (Fsp3) is 0.800. The lowest BCUT2D eigenvalue weighted by Gasteiger charge is -2.40. The van der Waals surface area contributed by atoms with Crippen LogP contribution >= 0.6 is 0 Å². The van der Waals surface area contributed by atoms with Crippen LogP contribution in [0.25, 0.3) is 0 Å². The van der Waals surface area contributed by atoms with Crippen LogP contribution in [-0.2, 0) is 9.53 Å². The Kier molecular flexibility index (Phi) is 2.89. The number of nitrogens with zero attached hydrogens (tertiary/aromatic N) is 1. The molecule has 0 amide bonds. The Balaban J connectivity index is 1.70. The second-order valence-electron chi connectivity index (χ2n) is 6.82. The van der Waals surface area contributed by atoms with E-state index in [1.54, 1.807) is 0 Å². The van der Waals surface area contributed by atoms with Gasteiger partial charge in [-0.25, -0.2) is 4.79 Å². The topological polar surface area (TPSA) is 49.8 Å². The molecular formula is C15H23NO3. The summed E-state index contributed by atoms with van der Waals surface area (Å²) in [7, 11) is 0. The summed E-state index contributed by atoms with van der Waals surface area (Å²) < 4.78 is 5.10. The van der Waals surface area contributed by atoms with E-state index in [-0.39, 0.29) is 5.97 Å². The molecule has 19 heavy (non-hydrogen) atoms. The number of carbonyl (C=O) groups excluding carboxylic acids is 1. The number of aliphatic hydroxyl groups is 1. The maximum Gasteiger partial charge on any atom is 0.335 e. The van der Waals surface area contributed by atoms with Crippen LogP contribution in [0.3, 0.4) is 0 Å². The standard InChI is InChI=1S/C15H23NO3/c1-11-12(9-19-13(11)17)16-8-7-15(10-16)5-3-14(2,18)4-6-15/h18H,3-10H2,1-2H3. The van der Waals surface area contributed by atoms with Gasteiger partial charge in [0.15, 0.2) is 0 Å². The molecule has 4 heteroatoms. The Morgan fingerprint density at radius 3 is 2.47 bits per heavy atom. The fourth-order valence-electron chi connectivity index (χ4n) is 3.69. The maximum absolute atomic E-state index is 11.5. The van der Waals surface area contributed by atoms with Gasteiger partial charge in [-0.1, -0.05) is 0 Å². The van der Waals surface area contributed by atoms with E-state index >= 15 is 0 Å². The molecule has 0 unspecified atom stereocenters. The molecule has 1 spiro atoms. The third-order valence-electron chi connectivity index (χ3n) is 5.29. The molecule has 1 saturated heterocycles. The molecule has 2 fully saturated rings. The number of esters is 1. The molecule has 1 saturated carbocycles. The van der Waals surface area contributed by atoms with Crippen molar-refractivity contribution in [1.29, 1.82) is 0 Å². The average Bonchev–Trinajstić information content (AvgIpc) is 2.91. The molecule has 0 atom stereocenters. The SMILES string of the molecule is CC1=C(N2CCC3(CCC(C)(O)CC3)C2)COC1=O. The Hall–Kier alpha value is -1.03. The van der Waals surface area contributed by atoms with E-state index < -0.39 is 5.60 Å². The third-order valence-corrected chi connectivity index (χ3v) is 5.29. The van der Waals surface area contributed by atoms with Crippen LogP contribution in [-0.4, -0.2) is 41.3 Å². The molecule has 1 N–H and O–H groups in total. The van der Waals surface area contributed by atoms with Gasteiger partial charge in [-0.3, -0.25) is 0 Å². The highest BCUT2D eigenvalue weighted by Gasteiger charge is 2.45. The van der Waals surface area contributed by atoms with Crippen LogP contribution in [0, 0.1) is 5.41 Å². The first kappa shape index (κ1) is 13.0. The number of rotatable bonds is 1. The number of carbonyl (C=O) groups is 1. The minimum atomic E-state index is -0.472. The summed E-state index contributed by atoms with van der Waals surface area (Å²) in [5.74, 6) is -0.164. The van der Waals surface area contributed by atoms with Crippen molar-refractivity contribution in [2.24, 2.45) is 5.41 Å². The highest BCUT2D eigenvalue weighted by molar-refractivity contribution is 5.90. The highest BCUT2D eigenvalue weighted by atomic mass is 16.5. The van der Waals surface area contributed by atoms with Gasteiger partial charge in [-0.2, -0.15) is 0 Å². The van der Waals surface area contributed by atoms with Crippen LogP contribution in [0.1, 0.15) is 46.0 Å². The maximum atomic E-state index is 11.5. The zero-order chi connectivity index (χ0) is 13.7. The average molecular weight is 265 g/mol. The zero-order valence-corrected chi connectivity index (χ0v) is 11.9. The van der Waals surface area contributed by atoms with Crippen LogP contribution < -0.4 is 0 Å². The van der Waals surface area contributed by atoms with Crippen molar-refractivity contribution in [2.45, 2.75) is 51.6 Å². The lowest BCUT2D eigenvalue weighted by molar-refractivity contribution is -0.136. The Labute approximate surface area is 114 Å². The Morgan fingerprint density at radius 2 is 1.89 bits per heavy atom. The molecule has 0 aromatic heterocycles. The van der Waals surface area contributed by atoms with Crippen LogP contribution in [0.4, 0.5) is 0 Å². The normalized spacial score (nSPS) is 39.3.